The van der Waals surface area contributed by atoms with Crippen LogP contribution in [0.3, 0.4) is 0 Å². The van der Waals surface area contributed by atoms with E-state index in [1.807, 2.05) is 12.4 Å². The molecule has 0 atom stereocenters. The molecule has 1 N–H and O–H groups in total. The fourth-order valence-corrected chi connectivity index (χ4v) is 1.69. The summed E-state index contributed by atoms with van der Waals surface area (Å²) in [5.41, 5.74) is 4.01. The molecule has 16 heavy (non-hydrogen) atoms. The van der Waals surface area contributed by atoms with E-state index in [-0.39, 0.29) is 0 Å². The van der Waals surface area contributed by atoms with Gasteiger partial charge in [0.15, 0.2) is 0 Å². The van der Waals surface area contributed by atoms with Crippen LogP contribution in [0.1, 0.15) is 37.3 Å². The van der Waals surface area contributed by atoms with Crippen LogP contribution in [0.15, 0.2) is 24.0 Å². The van der Waals surface area contributed by atoms with Gasteiger partial charge >= 0.3 is 0 Å². The highest BCUT2D eigenvalue weighted by Crippen LogP contribution is 2.19. The molecule has 1 aliphatic carbocycles. The van der Waals surface area contributed by atoms with Crippen LogP contribution in [-0.4, -0.2) is 17.6 Å². The fourth-order valence-electron chi connectivity index (χ4n) is 1.69. The molecule has 2 rings (SSSR count). The minimum Gasteiger partial charge on any atom is -0.310 e. The summed E-state index contributed by atoms with van der Waals surface area (Å²) in [4.78, 5) is 4.18. The van der Waals surface area contributed by atoms with Gasteiger partial charge in [0.2, 0.25) is 0 Å². The van der Waals surface area contributed by atoms with Gasteiger partial charge < -0.3 is 5.32 Å². The van der Waals surface area contributed by atoms with E-state index >= 15 is 0 Å². The molecule has 0 bridgehead atoms. The lowest BCUT2D eigenvalue weighted by atomic mass is 10.1. The predicted molar refractivity (Wildman–Crippen MR) is 68.3 cm³/mol. The Labute approximate surface area is 97.8 Å². The number of hydrogen-bond donors (Lipinski definition) is 1. The van der Waals surface area contributed by atoms with E-state index in [1.165, 1.54) is 29.5 Å². The highest BCUT2D eigenvalue weighted by molar-refractivity contribution is 5.55. The summed E-state index contributed by atoms with van der Waals surface area (Å²) in [6.45, 7) is 5.37. The Balaban J connectivity index is 2.03. The second kappa shape index (κ2) is 5.26. The monoisotopic (exact) mass is 216 g/mol. The van der Waals surface area contributed by atoms with Crippen molar-refractivity contribution in [3.8, 4) is 0 Å². The van der Waals surface area contributed by atoms with Crippen LogP contribution in [0.4, 0.5) is 0 Å². The zero-order valence-electron chi connectivity index (χ0n) is 10.2. The van der Waals surface area contributed by atoms with Crippen LogP contribution in [-0.2, 0) is 0 Å². The van der Waals surface area contributed by atoms with Gasteiger partial charge in [0.1, 0.15) is 0 Å². The molecule has 1 heterocycles. The first-order chi connectivity index (χ1) is 7.79. The van der Waals surface area contributed by atoms with E-state index in [1.54, 1.807) is 0 Å². The molecule has 0 amide bonds. The normalized spacial score (nSPS) is 16.5. The summed E-state index contributed by atoms with van der Waals surface area (Å²) in [6.07, 6.45) is 9.88. The molecule has 0 radical (unpaired) electrons. The molecule has 0 spiro atoms. The molecule has 86 valence electrons. The van der Waals surface area contributed by atoms with Crippen molar-refractivity contribution in [2.45, 2.75) is 39.2 Å². The quantitative estimate of drug-likeness (QED) is 0.818. The van der Waals surface area contributed by atoms with E-state index in [0.717, 1.165) is 19.0 Å². The number of aryl methyl sites for hydroxylation is 1. The van der Waals surface area contributed by atoms with Gasteiger partial charge in [-0.25, -0.2) is 0 Å². The fraction of sp³-hybridized carbons (Fsp3) is 0.500. The third kappa shape index (κ3) is 3.17. The van der Waals surface area contributed by atoms with Gasteiger partial charge in [0, 0.05) is 25.0 Å². The molecule has 0 saturated heterocycles. The summed E-state index contributed by atoms with van der Waals surface area (Å²) in [5, 5.41) is 3.56. The standard InChI is InChI=1S/C14H20N2/c1-3-12(9-16-14-4-5-14)8-13-10-15-7-6-11(13)2/h6-8,10,14,16H,3-5,9H2,1-2H3/b12-8-. The third-order valence-corrected chi connectivity index (χ3v) is 3.09. The Hall–Kier alpha value is -1.15. The lowest BCUT2D eigenvalue weighted by molar-refractivity contribution is 0.723. The molecule has 2 heteroatoms. The molecule has 1 aromatic heterocycles. The molecule has 1 aliphatic rings. The minimum atomic E-state index is 0.782. The number of nitrogens with one attached hydrogen (secondary N) is 1. The average molecular weight is 216 g/mol. The SMILES string of the molecule is CC/C(=C/c1cnccc1C)CNC1CC1. The molecule has 1 fully saturated rings. The summed E-state index contributed by atoms with van der Waals surface area (Å²) in [7, 11) is 0. The van der Waals surface area contributed by atoms with Crippen LogP contribution >= 0.6 is 0 Å². The van der Waals surface area contributed by atoms with Gasteiger partial charge in [0.05, 0.1) is 0 Å². The average Bonchev–Trinajstić information content (AvgIpc) is 3.10. The van der Waals surface area contributed by atoms with Crippen molar-refractivity contribution in [2.24, 2.45) is 0 Å². The third-order valence-electron chi connectivity index (χ3n) is 3.09. The van der Waals surface area contributed by atoms with Crippen LogP contribution in [0.25, 0.3) is 6.08 Å². The number of hydrogen-bond acceptors (Lipinski definition) is 2. The molecule has 1 aromatic rings. The Morgan fingerprint density at radius 1 is 1.56 bits per heavy atom. The molecule has 0 aromatic carbocycles. The van der Waals surface area contributed by atoms with Gasteiger partial charge in [-0.3, -0.25) is 4.98 Å². The van der Waals surface area contributed by atoms with Crippen molar-refractivity contribution >= 4 is 6.08 Å². The molecular weight excluding hydrogens is 196 g/mol. The summed E-state index contributed by atoms with van der Waals surface area (Å²) in [5.74, 6) is 0. The number of pyridine rings is 1. The molecule has 0 unspecified atom stereocenters. The van der Waals surface area contributed by atoms with Crippen LogP contribution in [0.5, 0.6) is 0 Å². The second-order valence-corrected chi connectivity index (χ2v) is 4.54. The van der Waals surface area contributed by atoms with Gasteiger partial charge in [-0.1, -0.05) is 18.6 Å². The largest absolute Gasteiger partial charge is 0.310 e. The van der Waals surface area contributed by atoms with Crippen LogP contribution < -0.4 is 5.32 Å². The molecule has 0 aliphatic heterocycles. The molecule has 1 saturated carbocycles. The Morgan fingerprint density at radius 3 is 3.00 bits per heavy atom. The zero-order chi connectivity index (χ0) is 11.4. The van der Waals surface area contributed by atoms with E-state index < -0.39 is 0 Å². The minimum absolute atomic E-state index is 0.782. The van der Waals surface area contributed by atoms with Gasteiger partial charge in [-0.15, -0.1) is 0 Å². The first-order valence-corrected chi connectivity index (χ1v) is 6.13. The highest BCUT2D eigenvalue weighted by Gasteiger charge is 2.19. The van der Waals surface area contributed by atoms with E-state index in [4.69, 9.17) is 0 Å². The second-order valence-electron chi connectivity index (χ2n) is 4.54. The van der Waals surface area contributed by atoms with E-state index in [0.29, 0.717) is 0 Å². The first kappa shape index (κ1) is 11.3. The van der Waals surface area contributed by atoms with Crippen molar-refractivity contribution in [3.63, 3.8) is 0 Å². The smallest absolute Gasteiger partial charge is 0.0342 e. The topological polar surface area (TPSA) is 24.9 Å². The van der Waals surface area contributed by atoms with Crippen LogP contribution in [0.2, 0.25) is 0 Å². The lowest BCUT2D eigenvalue weighted by Gasteiger charge is -2.07. The van der Waals surface area contributed by atoms with Crippen molar-refractivity contribution in [3.05, 3.63) is 35.2 Å². The van der Waals surface area contributed by atoms with Gasteiger partial charge in [0.25, 0.3) is 0 Å². The first-order valence-electron chi connectivity index (χ1n) is 6.13. The maximum absolute atomic E-state index is 4.18. The summed E-state index contributed by atoms with van der Waals surface area (Å²) in [6, 6.07) is 2.85. The van der Waals surface area contributed by atoms with Crippen LogP contribution in [0, 0.1) is 6.92 Å². The number of nitrogens with zero attached hydrogens (tertiary/aromatic N) is 1. The summed E-state index contributed by atoms with van der Waals surface area (Å²) < 4.78 is 0. The highest BCUT2D eigenvalue weighted by atomic mass is 14.9. The van der Waals surface area contributed by atoms with Crippen molar-refractivity contribution in [2.75, 3.05) is 6.54 Å². The van der Waals surface area contributed by atoms with Crippen molar-refractivity contribution < 1.29 is 0 Å². The Morgan fingerprint density at radius 2 is 2.38 bits per heavy atom. The lowest BCUT2D eigenvalue weighted by Crippen LogP contribution is -2.18. The number of aromatic nitrogens is 1. The maximum atomic E-state index is 4.18. The maximum Gasteiger partial charge on any atom is 0.0342 e. The molecular formula is C14H20N2. The van der Waals surface area contributed by atoms with E-state index in [9.17, 15) is 0 Å². The predicted octanol–water partition coefficient (Wildman–Crippen LogP) is 2.94. The summed E-state index contributed by atoms with van der Waals surface area (Å²) >= 11 is 0. The van der Waals surface area contributed by atoms with Crippen molar-refractivity contribution in [1.82, 2.24) is 10.3 Å². The van der Waals surface area contributed by atoms with Gasteiger partial charge in [-0.2, -0.15) is 0 Å². The Kier molecular flexibility index (Phi) is 3.73. The van der Waals surface area contributed by atoms with Crippen molar-refractivity contribution in [1.29, 1.82) is 0 Å². The zero-order valence-corrected chi connectivity index (χ0v) is 10.2. The number of rotatable bonds is 5. The Bertz CT molecular complexity index is 378. The van der Waals surface area contributed by atoms with E-state index in [2.05, 4.69) is 36.3 Å². The molecule has 2 nitrogen and oxygen atoms in total. The van der Waals surface area contributed by atoms with Gasteiger partial charge in [-0.05, 0) is 43.4 Å².